The van der Waals surface area contributed by atoms with Crippen LogP contribution < -0.4 is 24.8 Å². The van der Waals surface area contributed by atoms with Gasteiger partial charge in [-0.3, -0.25) is 14.9 Å². The fourth-order valence-electron chi connectivity index (χ4n) is 3.75. The highest BCUT2D eigenvalue weighted by atomic mass is 16.5. The number of methoxy groups -OCH3 is 4. The van der Waals surface area contributed by atoms with Gasteiger partial charge in [0.15, 0.2) is 11.5 Å². The van der Waals surface area contributed by atoms with Crippen LogP contribution in [0.25, 0.3) is 0 Å². The predicted octanol–water partition coefficient (Wildman–Crippen LogP) is 4.13. The third kappa shape index (κ3) is 6.10. The SMILES string of the molecule is COC(=O)CNC(c1ccccc1)c1cc(C)ccc1NC(=O)c1cc(OC)c(OC)c(OC)c1. The smallest absolute Gasteiger partial charge is 0.319 e. The number of esters is 1. The van der Waals surface area contributed by atoms with E-state index in [4.69, 9.17) is 18.9 Å². The van der Waals surface area contributed by atoms with Gasteiger partial charge in [-0.15, -0.1) is 0 Å². The highest BCUT2D eigenvalue weighted by molar-refractivity contribution is 6.05. The Kier molecular flexibility index (Phi) is 8.69. The molecule has 2 N–H and O–H groups in total. The first kappa shape index (κ1) is 25.6. The molecule has 8 nitrogen and oxygen atoms in total. The maximum absolute atomic E-state index is 13.3. The van der Waals surface area contributed by atoms with Gasteiger partial charge < -0.3 is 24.3 Å². The first-order valence-corrected chi connectivity index (χ1v) is 11.0. The van der Waals surface area contributed by atoms with Crippen molar-refractivity contribution in [3.8, 4) is 17.2 Å². The Hall–Kier alpha value is -4.04. The van der Waals surface area contributed by atoms with E-state index in [0.717, 1.165) is 16.7 Å². The van der Waals surface area contributed by atoms with Crippen molar-refractivity contribution in [2.45, 2.75) is 13.0 Å². The summed E-state index contributed by atoms with van der Waals surface area (Å²) < 4.78 is 20.9. The average molecular weight is 479 g/mol. The average Bonchev–Trinajstić information content (AvgIpc) is 2.89. The zero-order valence-corrected chi connectivity index (χ0v) is 20.5. The number of aryl methyl sites for hydroxylation is 1. The summed E-state index contributed by atoms with van der Waals surface area (Å²) in [6.45, 7) is 1.97. The first-order chi connectivity index (χ1) is 16.9. The molecule has 184 valence electrons. The number of ether oxygens (including phenoxy) is 4. The summed E-state index contributed by atoms with van der Waals surface area (Å²) in [6, 6.07) is 18.2. The van der Waals surface area contributed by atoms with Gasteiger partial charge in [-0.05, 0) is 36.2 Å². The molecule has 1 amide bonds. The lowest BCUT2D eigenvalue weighted by Gasteiger charge is -2.23. The van der Waals surface area contributed by atoms with Crippen molar-refractivity contribution >= 4 is 17.6 Å². The molecule has 1 unspecified atom stereocenters. The molecule has 0 saturated heterocycles. The monoisotopic (exact) mass is 478 g/mol. The van der Waals surface area contributed by atoms with Crippen LogP contribution in [0, 0.1) is 6.92 Å². The molecule has 0 saturated carbocycles. The molecule has 3 aromatic carbocycles. The Morgan fingerprint density at radius 1 is 0.857 bits per heavy atom. The predicted molar refractivity (Wildman–Crippen MR) is 134 cm³/mol. The molecular formula is C27H30N2O6. The lowest BCUT2D eigenvalue weighted by molar-refractivity contribution is -0.139. The fourth-order valence-corrected chi connectivity index (χ4v) is 3.75. The second-order valence-corrected chi connectivity index (χ2v) is 7.76. The maximum Gasteiger partial charge on any atom is 0.319 e. The maximum atomic E-state index is 13.3. The number of amides is 1. The van der Waals surface area contributed by atoms with Crippen LogP contribution in [0.15, 0.2) is 60.7 Å². The molecule has 0 bridgehead atoms. The van der Waals surface area contributed by atoms with Gasteiger partial charge in [0.05, 0.1) is 41.0 Å². The van der Waals surface area contributed by atoms with Crippen molar-refractivity contribution in [3.63, 3.8) is 0 Å². The van der Waals surface area contributed by atoms with E-state index in [-0.39, 0.29) is 24.5 Å². The summed E-state index contributed by atoms with van der Waals surface area (Å²) in [5, 5.41) is 6.25. The van der Waals surface area contributed by atoms with Crippen LogP contribution in [0.1, 0.15) is 33.1 Å². The Bertz CT molecular complexity index is 1150. The van der Waals surface area contributed by atoms with Gasteiger partial charge in [0.25, 0.3) is 5.91 Å². The number of anilines is 1. The van der Waals surface area contributed by atoms with Crippen LogP contribution in [-0.2, 0) is 9.53 Å². The van der Waals surface area contributed by atoms with Crippen LogP contribution >= 0.6 is 0 Å². The zero-order valence-electron chi connectivity index (χ0n) is 20.5. The van der Waals surface area contributed by atoms with E-state index in [9.17, 15) is 9.59 Å². The number of hydrogen-bond donors (Lipinski definition) is 2. The van der Waals surface area contributed by atoms with Crippen LogP contribution in [-0.4, -0.2) is 46.9 Å². The molecule has 0 aliphatic carbocycles. The minimum Gasteiger partial charge on any atom is -0.493 e. The molecule has 3 aromatic rings. The minimum absolute atomic E-state index is 0.00423. The number of rotatable bonds is 10. The van der Waals surface area contributed by atoms with Crippen molar-refractivity contribution in [3.05, 3.63) is 82.9 Å². The van der Waals surface area contributed by atoms with Crippen molar-refractivity contribution in [1.29, 1.82) is 0 Å². The Morgan fingerprint density at radius 3 is 2.09 bits per heavy atom. The van der Waals surface area contributed by atoms with Gasteiger partial charge in [0.2, 0.25) is 5.75 Å². The fraction of sp³-hybridized carbons (Fsp3) is 0.259. The van der Waals surface area contributed by atoms with Crippen molar-refractivity contribution < 1.29 is 28.5 Å². The van der Waals surface area contributed by atoms with E-state index in [1.165, 1.54) is 28.4 Å². The van der Waals surface area contributed by atoms with E-state index in [1.54, 1.807) is 12.1 Å². The molecule has 0 aliphatic heterocycles. The second kappa shape index (κ2) is 11.9. The summed E-state index contributed by atoms with van der Waals surface area (Å²) in [5.41, 5.74) is 3.68. The minimum atomic E-state index is -0.387. The summed E-state index contributed by atoms with van der Waals surface area (Å²) in [7, 11) is 5.84. The van der Waals surface area contributed by atoms with Gasteiger partial charge in [0.1, 0.15) is 0 Å². The van der Waals surface area contributed by atoms with E-state index in [1.807, 2.05) is 55.5 Å². The summed E-state index contributed by atoms with van der Waals surface area (Å²) in [4.78, 5) is 25.2. The third-order valence-corrected chi connectivity index (χ3v) is 5.50. The topological polar surface area (TPSA) is 95.1 Å². The van der Waals surface area contributed by atoms with Crippen LogP contribution in [0.4, 0.5) is 5.69 Å². The molecule has 3 rings (SSSR count). The first-order valence-electron chi connectivity index (χ1n) is 11.0. The molecule has 8 heteroatoms. The Morgan fingerprint density at radius 2 is 1.51 bits per heavy atom. The van der Waals surface area contributed by atoms with Gasteiger partial charge >= 0.3 is 5.97 Å². The molecule has 0 radical (unpaired) electrons. The zero-order chi connectivity index (χ0) is 25.4. The normalized spacial score (nSPS) is 11.3. The molecule has 0 heterocycles. The Labute approximate surface area is 205 Å². The van der Waals surface area contributed by atoms with E-state index >= 15 is 0 Å². The quantitative estimate of drug-likeness (QED) is 0.423. The van der Waals surface area contributed by atoms with E-state index in [2.05, 4.69) is 10.6 Å². The van der Waals surface area contributed by atoms with Crippen molar-refractivity contribution in [1.82, 2.24) is 5.32 Å². The lowest BCUT2D eigenvalue weighted by atomic mass is 9.95. The highest BCUT2D eigenvalue weighted by Gasteiger charge is 2.22. The largest absolute Gasteiger partial charge is 0.493 e. The molecule has 0 spiro atoms. The summed E-state index contributed by atoms with van der Waals surface area (Å²) in [5.74, 6) is 0.417. The van der Waals surface area contributed by atoms with Gasteiger partial charge in [-0.2, -0.15) is 0 Å². The molecule has 0 aliphatic rings. The van der Waals surface area contributed by atoms with Crippen LogP contribution in [0.2, 0.25) is 0 Å². The highest BCUT2D eigenvalue weighted by Crippen LogP contribution is 2.38. The number of benzene rings is 3. The van der Waals surface area contributed by atoms with Crippen LogP contribution in [0.3, 0.4) is 0 Å². The molecule has 0 fully saturated rings. The summed E-state index contributed by atoms with van der Waals surface area (Å²) >= 11 is 0. The summed E-state index contributed by atoms with van der Waals surface area (Å²) in [6.07, 6.45) is 0. The Balaban J connectivity index is 2.01. The second-order valence-electron chi connectivity index (χ2n) is 7.76. The molecular weight excluding hydrogens is 448 g/mol. The molecule has 35 heavy (non-hydrogen) atoms. The number of carbonyl (C=O) groups excluding carboxylic acids is 2. The number of hydrogen-bond acceptors (Lipinski definition) is 7. The van der Waals surface area contributed by atoms with Crippen molar-refractivity contribution in [2.24, 2.45) is 0 Å². The number of carbonyl (C=O) groups is 2. The van der Waals surface area contributed by atoms with Crippen molar-refractivity contribution in [2.75, 3.05) is 40.3 Å². The van der Waals surface area contributed by atoms with Gasteiger partial charge in [0, 0.05) is 11.3 Å². The van der Waals surface area contributed by atoms with Crippen LogP contribution in [0.5, 0.6) is 17.2 Å². The van der Waals surface area contributed by atoms with Gasteiger partial charge in [-0.1, -0.05) is 48.0 Å². The third-order valence-electron chi connectivity index (χ3n) is 5.50. The number of nitrogens with one attached hydrogen (secondary N) is 2. The van der Waals surface area contributed by atoms with E-state index < -0.39 is 0 Å². The molecule has 1 atom stereocenters. The standard InChI is InChI=1S/C27H30N2O6/c1-17-11-12-21(29-27(31)19-14-22(32-2)26(35-5)23(15-19)33-3)20(13-17)25(28-16-24(30)34-4)18-9-7-6-8-10-18/h6-15,25,28H,16H2,1-5H3,(H,29,31). The van der Waals surface area contributed by atoms with E-state index in [0.29, 0.717) is 28.5 Å². The lowest BCUT2D eigenvalue weighted by Crippen LogP contribution is -2.30. The van der Waals surface area contributed by atoms with Gasteiger partial charge in [-0.25, -0.2) is 0 Å². The molecule has 0 aromatic heterocycles.